The van der Waals surface area contributed by atoms with E-state index in [4.69, 9.17) is 0 Å². The minimum absolute atomic E-state index is 0.0181. The quantitative estimate of drug-likeness (QED) is 0.412. The number of hydrogen-bond donors (Lipinski definition) is 1. The number of fused-ring (bicyclic) bond motifs is 1. The number of carbonyl (C=O) groups is 1. The zero-order chi connectivity index (χ0) is 24.2. The van der Waals surface area contributed by atoms with Gasteiger partial charge in [-0.3, -0.25) is 24.8 Å². The van der Waals surface area contributed by atoms with Gasteiger partial charge in [0.2, 0.25) is 5.91 Å². The number of rotatable bonds is 7. The zero-order valence-electron chi connectivity index (χ0n) is 18.4. The third-order valence-corrected chi connectivity index (χ3v) is 5.90. The summed E-state index contributed by atoms with van der Waals surface area (Å²) in [5, 5.41) is 15.4. The molecule has 2 aromatic carbocycles. The molecule has 0 spiro atoms. The fourth-order valence-corrected chi connectivity index (χ4v) is 4.08. The van der Waals surface area contributed by atoms with Crippen molar-refractivity contribution >= 4 is 33.7 Å². The van der Waals surface area contributed by atoms with Crippen LogP contribution in [0.5, 0.6) is 5.75 Å². The molecule has 1 saturated heterocycles. The molecule has 1 aliphatic heterocycles. The molecular weight excluding hydrogens is 448 g/mol. The molecule has 1 amide bonds. The van der Waals surface area contributed by atoms with Gasteiger partial charge in [0.1, 0.15) is 5.75 Å². The number of benzene rings is 2. The molecule has 1 aromatic heterocycles. The Balaban J connectivity index is 1.38. The Kier molecular flexibility index (Phi) is 6.82. The molecule has 0 radical (unpaired) electrons. The smallest absolute Gasteiger partial charge is 0.387 e. The fraction of sp³-hybridized carbons (Fsp3) is 0.304. The summed E-state index contributed by atoms with van der Waals surface area (Å²) < 4.78 is 28.9. The molecule has 0 aliphatic carbocycles. The van der Waals surface area contributed by atoms with Crippen LogP contribution in [-0.4, -0.2) is 59.5 Å². The van der Waals surface area contributed by atoms with E-state index in [0.29, 0.717) is 37.3 Å². The van der Waals surface area contributed by atoms with Gasteiger partial charge in [0.25, 0.3) is 5.69 Å². The molecular formula is C23H23F2N5O4. The van der Waals surface area contributed by atoms with Gasteiger partial charge in [-0.05, 0) is 43.3 Å². The standard InChI is InChI=1S/C23H23F2N5O4/c1-15(22(31)27-16-2-4-17(5-3-16)34-23(24)25)28-10-12-29(13-11-28)20-6-7-21(30(32)33)19-14-26-9-8-18(19)20/h2-9,14-15,23H,10-13H2,1H3,(H,27,31). The summed E-state index contributed by atoms with van der Waals surface area (Å²) in [6.07, 6.45) is 3.12. The molecule has 0 saturated carbocycles. The number of hydrogen-bond acceptors (Lipinski definition) is 7. The van der Waals surface area contributed by atoms with E-state index in [1.54, 1.807) is 18.3 Å². The van der Waals surface area contributed by atoms with Crippen molar-refractivity contribution in [3.05, 3.63) is 65.0 Å². The Morgan fingerprint density at radius 1 is 1.09 bits per heavy atom. The Morgan fingerprint density at radius 3 is 2.44 bits per heavy atom. The number of nitro benzene ring substituents is 1. The van der Waals surface area contributed by atoms with Gasteiger partial charge in [0.15, 0.2) is 0 Å². The molecule has 2 heterocycles. The van der Waals surface area contributed by atoms with Crippen LogP contribution < -0.4 is 15.0 Å². The molecule has 34 heavy (non-hydrogen) atoms. The first-order valence-corrected chi connectivity index (χ1v) is 10.7. The Bertz CT molecular complexity index is 1180. The van der Waals surface area contributed by atoms with Gasteiger partial charge in [0, 0.05) is 61.4 Å². The van der Waals surface area contributed by atoms with Gasteiger partial charge in [0.05, 0.1) is 16.4 Å². The maximum absolute atomic E-state index is 12.7. The topological polar surface area (TPSA) is 101 Å². The predicted octanol–water partition coefficient (Wildman–Crippen LogP) is 3.89. The number of halogens is 2. The van der Waals surface area contributed by atoms with Crippen LogP contribution >= 0.6 is 0 Å². The molecule has 178 valence electrons. The highest BCUT2D eigenvalue weighted by atomic mass is 19.3. The number of carbonyl (C=O) groups excluding carboxylic acids is 1. The lowest BCUT2D eigenvalue weighted by atomic mass is 10.1. The second kappa shape index (κ2) is 9.96. The minimum atomic E-state index is -2.90. The van der Waals surface area contributed by atoms with Crippen LogP contribution in [0.2, 0.25) is 0 Å². The molecule has 0 bridgehead atoms. The highest BCUT2D eigenvalue weighted by molar-refractivity contribution is 5.99. The summed E-state index contributed by atoms with van der Waals surface area (Å²) in [6.45, 7) is 1.45. The van der Waals surface area contributed by atoms with Crippen LogP contribution in [0.25, 0.3) is 10.8 Å². The molecule has 1 N–H and O–H groups in total. The number of nitrogens with one attached hydrogen (secondary N) is 1. The number of piperazine rings is 1. The molecule has 1 atom stereocenters. The normalized spacial score (nSPS) is 15.4. The minimum Gasteiger partial charge on any atom is -0.435 e. The lowest BCUT2D eigenvalue weighted by Gasteiger charge is -2.38. The van der Waals surface area contributed by atoms with E-state index in [0.717, 1.165) is 11.1 Å². The fourth-order valence-electron chi connectivity index (χ4n) is 4.08. The summed E-state index contributed by atoms with van der Waals surface area (Å²) in [7, 11) is 0. The van der Waals surface area contributed by atoms with E-state index in [9.17, 15) is 23.7 Å². The molecule has 11 heteroatoms. The van der Waals surface area contributed by atoms with Gasteiger partial charge >= 0.3 is 6.61 Å². The van der Waals surface area contributed by atoms with Crippen LogP contribution in [0.3, 0.4) is 0 Å². The van der Waals surface area contributed by atoms with Crippen molar-refractivity contribution in [2.24, 2.45) is 0 Å². The van der Waals surface area contributed by atoms with Crippen molar-refractivity contribution in [2.45, 2.75) is 19.6 Å². The van der Waals surface area contributed by atoms with Crippen molar-refractivity contribution in [1.29, 1.82) is 0 Å². The van der Waals surface area contributed by atoms with Crippen LogP contribution in [0, 0.1) is 10.1 Å². The van der Waals surface area contributed by atoms with Crippen molar-refractivity contribution in [3.63, 3.8) is 0 Å². The van der Waals surface area contributed by atoms with E-state index in [1.165, 1.54) is 36.5 Å². The van der Waals surface area contributed by atoms with E-state index in [1.807, 2.05) is 6.92 Å². The highest BCUT2D eigenvalue weighted by Crippen LogP contribution is 2.33. The lowest BCUT2D eigenvalue weighted by molar-refractivity contribution is -0.383. The number of non-ortho nitro benzene ring substituents is 1. The first-order valence-electron chi connectivity index (χ1n) is 10.7. The number of alkyl halides is 2. The van der Waals surface area contributed by atoms with Gasteiger partial charge < -0.3 is 15.0 Å². The van der Waals surface area contributed by atoms with Crippen molar-refractivity contribution in [1.82, 2.24) is 9.88 Å². The monoisotopic (exact) mass is 471 g/mol. The van der Waals surface area contributed by atoms with Crippen LogP contribution in [0.4, 0.5) is 25.8 Å². The molecule has 9 nitrogen and oxygen atoms in total. The largest absolute Gasteiger partial charge is 0.435 e. The van der Waals surface area contributed by atoms with E-state index >= 15 is 0 Å². The summed E-state index contributed by atoms with van der Waals surface area (Å²) in [6, 6.07) is 10.4. The first kappa shape index (κ1) is 23.3. The lowest BCUT2D eigenvalue weighted by Crippen LogP contribution is -2.52. The number of nitro groups is 1. The van der Waals surface area contributed by atoms with Crippen LogP contribution in [0.1, 0.15) is 6.92 Å². The molecule has 1 aliphatic rings. The van der Waals surface area contributed by atoms with Crippen LogP contribution in [0.15, 0.2) is 54.9 Å². The van der Waals surface area contributed by atoms with E-state index in [2.05, 4.69) is 24.8 Å². The zero-order valence-corrected chi connectivity index (χ0v) is 18.4. The molecule has 1 unspecified atom stereocenters. The summed E-state index contributed by atoms with van der Waals surface area (Å²) in [5.74, 6) is -0.186. The summed E-state index contributed by atoms with van der Waals surface area (Å²) in [5.41, 5.74) is 1.40. The Hall–Kier alpha value is -3.86. The van der Waals surface area contributed by atoms with Crippen molar-refractivity contribution in [2.75, 3.05) is 36.4 Å². The van der Waals surface area contributed by atoms with Gasteiger partial charge in [-0.25, -0.2) is 0 Å². The number of amides is 1. The molecule has 4 rings (SSSR count). The number of pyridine rings is 1. The summed E-state index contributed by atoms with van der Waals surface area (Å²) >= 11 is 0. The second-order valence-electron chi connectivity index (χ2n) is 7.87. The van der Waals surface area contributed by atoms with Gasteiger partial charge in [-0.2, -0.15) is 8.78 Å². The summed E-state index contributed by atoms with van der Waals surface area (Å²) in [4.78, 5) is 31.9. The number of aromatic nitrogens is 1. The van der Waals surface area contributed by atoms with Gasteiger partial charge in [-0.15, -0.1) is 0 Å². The average Bonchev–Trinajstić information content (AvgIpc) is 2.83. The van der Waals surface area contributed by atoms with E-state index in [-0.39, 0.29) is 17.3 Å². The van der Waals surface area contributed by atoms with E-state index < -0.39 is 17.6 Å². The SMILES string of the molecule is CC(C(=O)Nc1ccc(OC(F)F)cc1)N1CCN(c2ccc([N+](=O)[O-])c3cnccc23)CC1. The average molecular weight is 471 g/mol. The molecule has 1 fully saturated rings. The second-order valence-corrected chi connectivity index (χ2v) is 7.87. The first-order chi connectivity index (χ1) is 16.3. The Morgan fingerprint density at radius 2 is 1.79 bits per heavy atom. The third kappa shape index (κ3) is 5.04. The predicted molar refractivity (Wildman–Crippen MR) is 123 cm³/mol. The maximum atomic E-state index is 12.7. The van der Waals surface area contributed by atoms with Gasteiger partial charge in [-0.1, -0.05) is 0 Å². The number of ether oxygens (including phenoxy) is 1. The highest BCUT2D eigenvalue weighted by Gasteiger charge is 2.27. The number of nitrogens with zero attached hydrogens (tertiary/aromatic N) is 4. The van der Waals surface area contributed by atoms with Crippen LogP contribution in [-0.2, 0) is 4.79 Å². The molecule has 3 aromatic rings. The third-order valence-electron chi connectivity index (χ3n) is 5.90. The van der Waals surface area contributed by atoms with Crippen molar-refractivity contribution < 1.29 is 23.2 Å². The number of anilines is 2. The van der Waals surface area contributed by atoms with Crippen molar-refractivity contribution in [3.8, 4) is 5.75 Å². The Labute approximate surface area is 194 Å². The maximum Gasteiger partial charge on any atom is 0.387 e.